The Labute approximate surface area is 136 Å². The zero-order valence-electron chi connectivity index (χ0n) is 14.2. The van der Waals surface area contributed by atoms with E-state index >= 15 is 0 Å². The van der Waals surface area contributed by atoms with E-state index in [1.807, 2.05) is 6.92 Å². The van der Waals surface area contributed by atoms with E-state index in [-0.39, 0.29) is 18.8 Å². The first-order valence-electron chi connectivity index (χ1n) is 6.91. The SMILES string of the molecule is CCOCCC(=O)O.COCCC(=O)O.COCCC(=O)OC. The number of ether oxygens (including phenoxy) is 4. The molecule has 0 spiro atoms. The molecule has 0 fully saturated rings. The van der Waals surface area contributed by atoms with Gasteiger partial charge in [0.15, 0.2) is 0 Å². The van der Waals surface area contributed by atoms with E-state index in [0.717, 1.165) is 0 Å². The smallest absolute Gasteiger partial charge is 0.307 e. The number of hydrogen-bond acceptors (Lipinski definition) is 7. The molecular weight excluding hydrogens is 312 g/mol. The molecule has 0 aromatic rings. The van der Waals surface area contributed by atoms with E-state index in [9.17, 15) is 14.4 Å². The first-order valence-corrected chi connectivity index (χ1v) is 6.91. The number of carbonyl (C=O) groups excluding carboxylic acids is 1. The maximum atomic E-state index is 10.3. The molecule has 0 amide bonds. The number of carboxylic acids is 2. The van der Waals surface area contributed by atoms with Gasteiger partial charge in [0.2, 0.25) is 0 Å². The van der Waals surface area contributed by atoms with Gasteiger partial charge in [-0.3, -0.25) is 14.4 Å². The van der Waals surface area contributed by atoms with E-state index in [2.05, 4.69) is 14.2 Å². The van der Waals surface area contributed by atoms with Gasteiger partial charge in [-0.1, -0.05) is 0 Å². The molecule has 0 unspecified atom stereocenters. The van der Waals surface area contributed by atoms with Crippen molar-refractivity contribution in [1.82, 2.24) is 0 Å². The number of rotatable bonds is 10. The van der Waals surface area contributed by atoms with E-state index < -0.39 is 11.9 Å². The number of esters is 1. The van der Waals surface area contributed by atoms with Crippen LogP contribution in [0.4, 0.5) is 0 Å². The quantitative estimate of drug-likeness (QED) is 0.438. The molecule has 0 atom stereocenters. The molecule has 2 N–H and O–H groups in total. The third kappa shape index (κ3) is 38.4. The summed E-state index contributed by atoms with van der Waals surface area (Å²) in [6.45, 7) is 3.49. The van der Waals surface area contributed by atoms with Crippen LogP contribution in [0.1, 0.15) is 26.2 Å². The van der Waals surface area contributed by atoms with Crippen LogP contribution < -0.4 is 0 Å². The number of hydrogen-bond donors (Lipinski definition) is 2. The number of methoxy groups -OCH3 is 3. The van der Waals surface area contributed by atoms with Crippen LogP contribution in [0.25, 0.3) is 0 Å². The minimum absolute atomic E-state index is 0.0938. The zero-order chi connectivity index (χ0) is 18.5. The van der Waals surface area contributed by atoms with Crippen molar-refractivity contribution >= 4 is 17.9 Å². The van der Waals surface area contributed by atoms with Crippen molar-refractivity contribution in [2.24, 2.45) is 0 Å². The van der Waals surface area contributed by atoms with Gasteiger partial charge in [0.1, 0.15) is 0 Å². The lowest BCUT2D eigenvalue weighted by Crippen LogP contribution is -2.03. The highest BCUT2D eigenvalue weighted by molar-refractivity contribution is 5.69. The molecule has 0 aliphatic heterocycles. The average Bonchev–Trinajstić information content (AvgIpc) is 2.51. The maximum absolute atomic E-state index is 10.3. The molecule has 23 heavy (non-hydrogen) atoms. The van der Waals surface area contributed by atoms with Crippen molar-refractivity contribution in [1.29, 1.82) is 0 Å². The van der Waals surface area contributed by atoms with Crippen LogP contribution >= 0.6 is 0 Å². The van der Waals surface area contributed by atoms with Gasteiger partial charge in [0.05, 0.1) is 46.2 Å². The van der Waals surface area contributed by atoms with E-state index in [1.54, 1.807) is 7.11 Å². The Morgan fingerprint density at radius 3 is 1.52 bits per heavy atom. The molecular formula is C14H28O9. The van der Waals surface area contributed by atoms with Gasteiger partial charge in [-0.2, -0.15) is 0 Å². The molecule has 9 nitrogen and oxygen atoms in total. The summed E-state index contributed by atoms with van der Waals surface area (Å²) in [5.41, 5.74) is 0. The van der Waals surface area contributed by atoms with Crippen molar-refractivity contribution in [3.8, 4) is 0 Å². The van der Waals surface area contributed by atoms with Gasteiger partial charge in [-0.25, -0.2) is 0 Å². The Balaban J connectivity index is -0.000000262. The normalized spacial score (nSPS) is 8.87. The van der Waals surface area contributed by atoms with Crippen LogP contribution in [0.15, 0.2) is 0 Å². The summed E-state index contributed by atoms with van der Waals surface area (Å²) in [5.74, 6) is -1.85. The monoisotopic (exact) mass is 340 g/mol. The molecule has 9 heteroatoms. The third-order valence-electron chi connectivity index (χ3n) is 1.92. The van der Waals surface area contributed by atoms with Crippen LogP contribution in [-0.2, 0) is 33.3 Å². The van der Waals surface area contributed by atoms with E-state index in [1.165, 1.54) is 14.2 Å². The topological polar surface area (TPSA) is 129 Å². The molecule has 0 aromatic heterocycles. The van der Waals surface area contributed by atoms with Crippen LogP contribution in [0.2, 0.25) is 0 Å². The standard InChI is InChI=1S/2C5H10O3.C4H8O3/c1-7-4-3-5(6)8-2;1-2-8-4-3-5(6)7;1-7-3-2-4(5)6/h3-4H2,1-2H3;2-4H2,1H3,(H,6,7);2-3H2,1H3,(H,5,6). The fraction of sp³-hybridized carbons (Fsp3) is 0.786. The van der Waals surface area contributed by atoms with Crippen LogP contribution in [-0.4, -0.2) is 75.9 Å². The van der Waals surface area contributed by atoms with Gasteiger partial charge in [0, 0.05) is 20.8 Å². The second kappa shape index (κ2) is 22.6. The Morgan fingerprint density at radius 1 is 0.783 bits per heavy atom. The molecule has 0 rings (SSSR count). The first-order chi connectivity index (χ1) is 10.8. The van der Waals surface area contributed by atoms with Crippen LogP contribution in [0.5, 0.6) is 0 Å². The predicted octanol–water partition coefficient (Wildman–Crippen LogP) is 0.801. The van der Waals surface area contributed by atoms with Crippen molar-refractivity contribution in [2.45, 2.75) is 26.2 Å². The molecule has 0 radical (unpaired) electrons. The van der Waals surface area contributed by atoms with Gasteiger partial charge in [0.25, 0.3) is 0 Å². The lowest BCUT2D eigenvalue weighted by Gasteiger charge is -1.94. The summed E-state index contributed by atoms with van der Waals surface area (Å²) in [6.07, 6.45) is 0.539. The predicted molar refractivity (Wildman–Crippen MR) is 81.4 cm³/mol. The first kappa shape index (κ1) is 26.2. The molecule has 0 aromatic carbocycles. The van der Waals surface area contributed by atoms with Gasteiger partial charge < -0.3 is 29.2 Å². The molecule has 0 saturated heterocycles. The Hall–Kier alpha value is -1.71. The number of carbonyl (C=O) groups is 3. The molecule has 138 valence electrons. The molecule has 0 aliphatic carbocycles. The largest absolute Gasteiger partial charge is 0.481 e. The molecule has 0 saturated carbocycles. The Morgan fingerprint density at radius 2 is 1.22 bits per heavy atom. The van der Waals surface area contributed by atoms with Crippen molar-refractivity contribution < 1.29 is 43.5 Å². The average molecular weight is 340 g/mol. The lowest BCUT2D eigenvalue weighted by molar-refractivity contribution is -0.142. The zero-order valence-corrected chi connectivity index (χ0v) is 14.2. The lowest BCUT2D eigenvalue weighted by atomic mass is 10.5. The van der Waals surface area contributed by atoms with E-state index in [4.69, 9.17) is 14.9 Å². The van der Waals surface area contributed by atoms with Gasteiger partial charge in [-0.15, -0.1) is 0 Å². The summed E-state index contributed by atoms with van der Waals surface area (Å²) < 4.78 is 18.2. The summed E-state index contributed by atoms with van der Waals surface area (Å²) in [6, 6.07) is 0. The second-order valence-electron chi connectivity index (χ2n) is 3.80. The highest BCUT2D eigenvalue weighted by Crippen LogP contribution is 1.82. The second-order valence-corrected chi connectivity index (χ2v) is 3.80. The summed E-state index contributed by atoms with van der Waals surface area (Å²) in [5, 5.41) is 16.0. The Bertz CT molecular complexity index is 292. The third-order valence-corrected chi connectivity index (χ3v) is 1.92. The maximum Gasteiger partial charge on any atom is 0.307 e. The van der Waals surface area contributed by atoms with Crippen molar-refractivity contribution in [3.05, 3.63) is 0 Å². The Kier molecular flexibility index (Phi) is 25.7. The summed E-state index contributed by atoms with van der Waals surface area (Å²) in [4.78, 5) is 29.7. The van der Waals surface area contributed by atoms with Crippen molar-refractivity contribution in [3.63, 3.8) is 0 Å². The minimum atomic E-state index is -0.818. The highest BCUT2D eigenvalue weighted by atomic mass is 16.5. The van der Waals surface area contributed by atoms with E-state index in [0.29, 0.717) is 32.8 Å². The van der Waals surface area contributed by atoms with Gasteiger partial charge in [-0.05, 0) is 6.92 Å². The van der Waals surface area contributed by atoms with Gasteiger partial charge >= 0.3 is 17.9 Å². The highest BCUT2D eigenvalue weighted by Gasteiger charge is 1.95. The number of aliphatic carboxylic acids is 2. The minimum Gasteiger partial charge on any atom is -0.481 e. The number of carboxylic acid groups (broad SMARTS) is 2. The fourth-order valence-electron chi connectivity index (χ4n) is 0.781. The van der Waals surface area contributed by atoms with Crippen LogP contribution in [0.3, 0.4) is 0 Å². The fourth-order valence-corrected chi connectivity index (χ4v) is 0.781. The summed E-state index contributed by atoms with van der Waals surface area (Å²) in [7, 11) is 4.38. The van der Waals surface area contributed by atoms with Crippen molar-refractivity contribution in [2.75, 3.05) is 47.8 Å². The molecule has 0 bridgehead atoms. The summed E-state index contributed by atoms with van der Waals surface area (Å²) >= 11 is 0. The molecule has 0 heterocycles. The van der Waals surface area contributed by atoms with Crippen LogP contribution in [0, 0.1) is 0 Å². The molecule has 0 aliphatic rings.